The number of nitriles is 1. The zero-order valence-corrected chi connectivity index (χ0v) is 18.0. The number of thioether (sulfide) groups is 1. The summed E-state index contributed by atoms with van der Waals surface area (Å²) in [6.07, 6.45) is 0. The van der Waals surface area contributed by atoms with Crippen molar-refractivity contribution in [2.24, 2.45) is 0 Å². The van der Waals surface area contributed by atoms with E-state index in [2.05, 4.69) is 26.5 Å². The molecule has 0 aliphatic heterocycles. The number of nitrogens with one attached hydrogen (secondary N) is 1. The minimum Gasteiger partial charge on any atom is -0.383 e. The van der Waals surface area contributed by atoms with Crippen molar-refractivity contribution in [1.82, 2.24) is 15.1 Å². The lowest BCUT2D eigenvalue weighted by molar-refractivity contribution is 0.102. The van der Waals surface area contributed by atoms with Gasteiger partial charge in [0.05, 0.1) is 16.9 Å². The Morgan fingerprint density at radius 1 is 1.16 bits per heavy atom. The maximum absolute atomic E-state index is 12.6. The molecule has 0 saturated carbocycles. The molecule has 4 aromatic rings. The van der Waals surface area contributed by atoms with Crippen LogP contribution in [0.4, 0.5) is 11.5 Å². The van der Waals surface area contributed by atoms with Gasteiger partial charge < -0.3 is 15.6 Å². The van der Waals surface area contributed by atoms with Gasteiger partial charge in [0.15, 0.2) is 0 Å². The van der Waals surface area contributed by atoms with Gasteiger partial charge in [0, 0.05) is 16.3 Å². The first-order valence-electron chi connectivity index (χ1n) is 9.32. The number of hydrogen-bond acceptors (Lipinski definition) is 8. The molecule has 3 N–H and O–H groups in total. The first-order valence-corrected chi connectivity index (χ1v) is 10.7. The number of benzene rings is 2. The summed E-state index contributed by atoms with van der Waals surface area (Å²) in [7, 11) is 0. The standard InChI is InChI=1S/C22H15ClN6O2S/c23-15-6-4-5-13(9-15)20-27-18(31-29-20)12-32-22-14(11-24)10-17(19(25)28-22)21(30)26-16-7-2-1-3-8-16/h1-10H,12H2,(H2,25,28)(H,26,30). The number of aromatic nitrogens is 3. The molecule has 10 heteroatoms. The molecule has 0 aliphatic carbocycles. The van der Waals surface area contributed by atoms with Crippen LogP contribution in [0.1, 0.15) is 21.8 Å². The molecule has 0 spiro atoms. The fraction of sp³-hybridized carbons (Fsp3) is 0.0455. The fourth-order valence-corrected chi connectivity index (χ4v) is 3.78. The first kappa shape index (κ1) is 21.4. The second kappa shape index (κ2) is 9.51. The minimum absolute atomic E-state index is 0.0186. The number of carbonyl (C=O) groups is 1. The summed E-state index contributed by atoms with van der Waals surface area (Å²) in [5.41, 5.74) is 7.68. The number of hydrogen-bond donors (Lipinski definition) is 2. The number of halogens is 1. The predicted octanol–water partition coefficient (Wildman–Crippen LogP) is 4.78. The number of carbonyl (C=O) groups excluding carboxylic acids is 1. The van der Waals surface area contributed by atoms with E-state index in [0.29, 0.717) is 27.5 Å². The van der Waals surface area contributed by atoms with Crippen molar-refractivity contribution in [2.75, 3.05) is 11.1 Å². The highest BCUT2D eigenvalue weighted by Crippen LogP contribution is 2.28. The van der Waals surface area contributed by atoms with E-state index in [0.717, 1.165) is 5.56 Å². The zero-order chi connectivity index (χ0) is 22.5. The van der Waals surface area contributed by atoms with Gasteiger partial charge in [0.1, 0.15) is 16.9 Å². The summed E-state index contributed by atoms with van der Waals surface area (Å²) in [5.74, 6) is 0.594. The molecule has 2 heterocycles. The Labute approximate surface area is 192 Å². The zero-order valence-electron chi connectivity index (χ0n) is 16.4. The van der Waals surface area contributed by atoms with Gasteiger partial charge in [-0.2, -0.15) is 10.2 Å². The Bertz CT molecular complexity index is 1320. The van der Waals surface area contributed by atoms with Gasteiger partial charge in [-0.3, -0.25) is 4.79 Å². The van der Waals surface area contributed by atoms with Gasteiger partial charge in [-0.05, 0) is 30.3 Å². The van der Waals surface area contributed by atoms with Crippen molar-refractivity contribution in [3.63, 3.8) is 0 Å². The molecular weight excluding hydrogens is 448 g/mol. The topological polar surface area (TPSA) is 131 Å². The van der Waals surface area contributed by atoms with Gasteiger partial charge in [0.2, 0.25) is 11.7 Å². The number of amides is 1. The largest absolute Gasteiger partial charge is 0.383 e. The van der Waals surface area contributed by atoms with Gasteiger partial charge in [-0.25, -0.2) is 4.98 Å². The van der Waals surface area contributed by atoms with Crippen LogP contribution in [-0.2, 0) is 5.75 Å². The van der Waals surface area contributed by atoms with E-state index in [-0.39, 0.29) is 22.7 Å². The Morgan fingerprint density at radius 3 is 2.72 bits per heavy atom. The highest BCUT2D eigenvalue weighted by Gasteiger charge is 2.18. The van der Waals surface area contributed by atoms with E-state index in [9.17, 15) is 10.1 Å². The smallest absolute Gasteiger partial charge is 0.259 e. The quantitative estimate of drug-likeness (QED) is 0.391. The van der Waals surface area contributed by atoms with Crippen LogP contribution in [0.3, 0.4) is 0 Å². The summed E-state index contributed by atoms with van der Waals surface area (Å²) in [4.78, 5) is 21.2. The van der Waals surface area contributed by atoms with E-state index in [4.69, 9.17) is 21.9 Å². The molecule has 0 atom stereocenters. The number of para-hydroxylation sites is 1. The number of nitrogens with zero attached hydrogens (tertiary/aromatic N) is 4. The number of rotatable bonds is 6. The van der Waals surface area contributed by atoms with Crippen LogP contribution in [0.25, 0.3) is 11.4 Å². The molecule has 0 bridgehead atoms. The Hall–Kier alpha value is -3.87. The van der Waals surface area contributed by atoms with E-state index >= 15 is 0 Å². The van der Waals surface area contributed by atoms with Crippen molar-refractivity contribution in [2.45, 2.75) is 10.8 Å². The Balaban J connectivity index is 1.49. The molecule has 158 valence electrons. The average Bonchev–Trinajstić information content (AvgIpc) is 3.27. The van der Waals surface area contributed by atoms with E-state index < -0.39 is 5.91 Å². The van der Waals surface area contributed by atoms with Crippen LogP contribution in [-0.4, -0.2) is 21.0 Å². The molecule has 2 aromatic carbocycles. The van der Waals surface area contributed by atoms with Crippen molar-refractivity contribution >= 4 is 40.8 Å². The van der Waals surface area contributed by atoms with Gasteiger partial charge in [-0.1, -0.05) is 58.9 Å². The molecule has 32 heavy (non-hydrogen) atoms. The number of nitrogen functional groups attached to an aromatic ring is 1. The highest BCUT2D eigenvalue weighted by molar-refractivity contribution is 7.98. The van der Waals surface area contributed by atoms with Gasteiger partial charge in [0.25, 0.3) is 5.91 Å². The van der Waals surface area contributed by atoms with E-state index in [1.165, 1.54) is 17.8 Å². The molecule has 2 aromatic heterocycles. The van der Waals surface area contributed by atoms with Crippen LogP contribution < -0.4 is 11.1 Å². The molecule has 4 rings (SSSR count). The molecule has 1 amide bonds. The third-order valence-corrected chi connectivity index (χ3v) is 5.51. The maximum atomic E-state index is 12.6. The number of anilines is 2. The molecule has 8 nitrogen and oxygen atoms in total. The summed E-state index contributed by atoms with van der Waals surface area (Å²) in [6.45, 7) is 0. The number of nitrogens with two attached hydrogens (primary N) is 1. The van der Waals surface area contributed by atoms with Crippen LogP contribution >= 0.6 is 23.4 Å². The second-order valence-electron chi connectivity index (χ2n) is 6.52. The summed E-state index contributed by atoms with van der Waals surface area (Å²) in [6, 6.07) is 19.5. The monoisotopic (exact) mass is 462 g/mol. The second-order valence-corrected chi connectivity index (χ2v) is 7.92. The van der Waals surface area contributed by atoms with Gasteiger partial charge in [-0.15, -0.1) is 0 Å². The van der Waals surface area contributed by atoms with Crippen molar-refractivity contribution < 1.29 is 9.32 Å². The molecule has 0 aliphatic rings. The first-order chi connectivity index (χ1) is 15.5. The van der Waals surface area contributed by atoms with Crippen LogP contribution in [0.2, 0.25) is 5.02 Å². The molecule has 0 unspecified atom stereocenters. The summed E-state index contributed by atoms with van der Waals surface area (Å²) >= 11 is 7.21. The third kappa shape index (κ3) is 4.88. The maximum Gasteiger partial charge on any atom is 0.259 e. The normalized spacial score (nSPS) is 10.5. The molecule has 0 radical (unpaired) electrons. The molecular formula is C22H15ClN6O2S. The lowest BCUT2D eigenvalue weighted by Gasteiger charge is -2.09. The molecule has 0 fully saturated rings. The predicted molar refractivity (Wildman–Crippen MR) is 122 cm³/mol. The van der Waals surface area contributed by atoms with Crippen molar-refractivity contribution in [1.29, 1.82) is 5.26 Å². The van der Waals surface area contributed by atoms with E-state index in [1.807, 2.05) is 12.1 Å². The minimum atomic E-state index is -0.447. The lowest BCUT2D eigenvalue weighted by atomic mass is 10.2. The summed E-state index contributed by atoms with van der Waals surface area (Å²) in [5, 5.41) is 17.2. The highest BCUT2D eigenvalue weighted by atomic mass is 35.5. The Morgan fingerprint density at radius 2 is 1.97 bits per heavy atom. The average molecular weight is 463 g/mol. The third-order valence-electron chi connectivity index (χ3n) is 4.30. The Kier molecular flexibility index (Phi) is 6.35. The van der Waals surface area contributed by atoms with Crippen molar-refractivity contribution in [3.8, 4) is 17.5 Å². The SMILES string of the molecule is N#Cc1cc(C(=O)Nc2ccccc2)c(N)nc1SCc1nc(-c2cccc(Cl)c2)no1. The van der Waals surface area contributed by atoms with Crippen LogP contribution in [0.15, 0.2) is 70.2 Å². The lowest BCUT2D eigenvalue weighted by Crippen LogP contribution is -2.15. The fourth-order valence-electron chi connectivity index (χ4n) is 2.79. The summed E-state index contributed by atoms with van der Waals surface area (Å²) < 4.78 is 5.28. The van der Waals surface area contributed by atoms with Gasteiger partial charge >= 0.3 is 0 Å². The van der Waals surface area contributed by atoms with Crippen LogP contribution in [0.5, 0.6) is 0 Å². The van der Waals surface area contributed by atoms with Crippen LogP contribution in [0, 0.1) is 11.3 Å². The number of pyridine rings is 1. The van der Waals surface area contributed by atoms with Crippen molar-refractivity contribution in [3.05, 3.63) is 82.7 Å². The molecule has 0 saturated heterocycles. The van der Waals surface area contributed by atoms with E-state index in [1.54, 1.807) is 42.5 Å².